The van der Waals surface area contributed by atoms with Gasteiger partial charge >= 0.3 is 11.8 Å². The van der Waals surface area contributed by atoms with Crippen LogP contribution in [-0.2, 0) is 11.3 Å². The Morgan fingerprint density at radius 1 is 1.50 bits per heavy atom. The molecule has 18 heavy (non-hydrogen) atoms. The highest BCUT2D eigenvalue weighted by Gasteiger charge is 2.27. The van der Waals surface area contributed by atoms with Crippen LogP contribution in [0.5, 0.6) is 0 Å². The Morgan fingerprint density at radius 2 is 2.22 bits per heavy atom. The van der Waals surface area contributed by atoms with Crippen molar-refractivity contribution >= 4 is 11.9 Å². The molecular formula is C10H14N4O4. The van der Waals surface area contributed by atoms with Crippen molar-refractivity contribution in [1.82, 2.24) is 19.9 Å². The van der Waals surface area contributed by atoms with Gasteiger partial charge in [-0.1, -0.05) is 19.0 Å². The SMILES string of the molecule is CC(C)c1noc(=O)n1CC(=O)N1CCNC1=O. The van der Waals surface area contributed by atoms with Crippen molar-refractivity contribution in [3.05, 3.63) is 16.4 Å². The van der Waals surface area contributed by atoms with Crippen LogP contribution in [-0.4, -0.2) is 39.7 Å². The zero-order valence-corrected chi connectivity index (χ0v) is 10.2. The number of hydrogen-bond donors (Lipinski definition) is 1. The molecule has 0 aromatic carbocycles. The Bertz CT molecular complexity index is 530. The van der Waals surface area contributed by atoms with E-state index in [1.54, 1.807) is 0 Å². The Hall–Kier alpha value is -2.12. The normalized spacial score (nSPS) is 15.3. The second-order valence-electron chi connectivity index (χ2n) is 4.32. The number of carbonyl (C=O) groups excluding carboxylic acids is 2. The van der Waals surface area contributed by atoms with Gasteiger partial charge in [-0.3, -0.25) is 18.8 Å². The quantitative estimate of drug-likeness (QED) is 0.785. The lowest BCUT2D eigenvalue weighted by atomic mass is 10.2. The van der Waals surface area contributed by atoms with Crippen LogP contribution in [0.1, 0.15) is 25.6 Å². The monoisotopic (exact) mass is 254 g/mol. The van der Waals surface area contributed by atoms with E-state index in [0.29, 0.717) is 18.9 Å². The molecule has 0 spiro atoms. The van der Waals surface area contributed by atoms with Crippen molar-refractivity contribution in [3.8, 4) is 0 Å². The van der Waals surface area contributed by atoms with Crippen LogP contribution in [0.3, 0.4) is 0 Å². The second kappa shape index (κ2) is 4.63. The fourth-order valence-corrected chi connectivity index (χ4v) is 1.77. The van der Waals surface area contributed by atoms with E-state index in [0.717, 1.165) is 9.47 Å². The molecule has 2 heterocycles. The van der Waals surface area contributed by atoms with Crippen molar-refractivity contribution < 1.29 is 14.1 Å². The smallest absolute Gasteiger partial charge is 0.336 e. The van der Waals surface area contributed by atoms with Gasteiger partial charge in [-0.15, -0.1) is 0 Å². The molecule has 0 unspecified atom stereocenters. The third kappa shape index (κ3) is 2.13. The fraction of sp³-hybridized carbons (Fsp3) is 0.600. The van der Waals surface area contributed by atoms with Gasteiger partial charge in [0.1, 0.15) is 6.54 Å². The summed E-state index contributed by atoms with van der Waals surface area (Å²) in [5.74, 6) is -0.784. The summed E-state index contributed by atoms with van der Waals surface area (Å²) in [7, 11) is 0. The average molecular weight is 254 g/mol. The van der Waals surface area contributed by atoms with Gasteiger partial charge in [-0.25, -0.2) is 9.59 Å². The van der Waals surface area contributed by atoms with Gasteiger partial charge in [0, 0.05) is 19.0 Å². The zero-order chi connectivity index (χ0) is 13.3. The Morgan fingerprint density at radius 3 is 2.78 bits per heavy atom. The Kier molecular flexibility index (Phi) is 3.17. The Balaban J connectivity index is 2.19. The molecule has 0 saturated carbocycles. The number of nitrogens with zero attached hydrogens (tertiary/aromatic N) is 3. The van der Waals surface area contributed by atoms with Gasteiger partial charge in [0.2, 0.25) is 0 Å². The summed E-state index contributed by atoms with van der Waals surface area (Å²) in [6, 6.07) is -0.435. The molecule has 3 amide bonds. The first-order valence-corrected chi connectivity index (χ1v) is 5.65. The van der Waals surface area contributed by atoms with Gasteiger partial charge in [-0.05, 0) is 0 Å². The lowest BCUT2D eigenvalue weighted by Crippen LogP contribution is -2.38. The molecule has 1 aromatic rings. The first-order chi connectivity index (χ1) is 8.50. The van der Waals surface area contributed by atoms with Crippen LogP contribution in [0, 0.1) is 0 Å². The van der Waals surface area contributed by atoms with Crippen molar-refractivity contribution in [2.24, 2.45) is 0 Å². The summed E-state index contributed by atoms with van der Waals surface area (Å²) in [4.78, 5) is 35.7. The molecule has 1 fully saturated rings. The highest BCUT2D eigenvalue weighted by molar-refractivity contribution is 5.95. The molecule has 0 aliphatic carbocycles. The fourth-order valence-electron chi connectivity index (χ4n) is 1.77. The average Bonchev–Trinajstić information content (AvgIpc) is 2.86. The van der Waals surface area contributed by atoms with Crippen LogP contribution in [0.25, 0.3) is 0 Å². The predicted molar refractivity (Wildman–Crippen MR) is 60.0 cm³/mol. The first kappa shape index (κ1) is 12.3. The minimum absolute atomic E-state index is 0.0448. The highest BCUT2D eigenvalue weighted by atomic mass is 16.5. The molecule has 0 radical (unpaired) electrons. The molecule has 0 bridgehead atoms. The van der Waals surface area contributed by atoms with Gasteiger partial charge in [0.05, 0.1) is 0 Å². The lowest BCUT2D eigenvalue weighted by Gasteiger charge is -2.13. The summed E-state index contributed by atoms with van der Waals surface area (Å²) >= 11 is 0. The summed E-state index contributed by atoms with van der Waals surface area (Å²) in [6.45, 7) is 4.18. The molecule has 1 aliphatic heterocycles. The highest BCUT2D eigenvalue weighted by Crippen LogP contribution is 2.10. The minimum Gasteiger partial charge on any atom is -0.336 e. The van der Waals surface area contributed by atoms with Crippen molar-refractivity contribution in [1.29, 1.82) is 0 Å². The van der Waals surface area contributed by atoms with Gasteiger partial charge < -0.3 is 5.32 Å². The topological polar surface area (TPSA) is 97.4 Å². The number of urea groups is 1. The molecule has 1 aliphatic rings. The number of nitrogens with one attached hydrogen (secondary N) is 1. The number of hydrogen-bond acceptors (Lipinski definition) is 5. The van der Waals surface area contributed by atoms with E-state index in [2.05, 4.69) is 15.0 Å². The second-order valence-corrected chi connectivity index (χ2v) is 4.32. The largest absolute Gasteiger partial charge is 0.442 e. The van der Waals surface area contributed by atoms with E-state index in [4.69, 9.17) is 0 Å². The summed E-state index contributed by atoms with van der Waals surface area (Å²) in [6.07, 6.45) is 0. The van der Waals surface area contributed by atoms with E-state index in [-0.39, 0.29) is 12.5 Å². The van der Waals surface area contributed by atoms with Crippen molar-refractivity contribution in [2.45, 2.75) is 26.3 Å². The molecule has 8 heteroatoms. The standard InChI is InChI=1S/C10H14N4O4/c1-6(2)8-12-18-10(17)14(8)5-7(15)13-4-3-11-9(13)16/h6H,3-5H2,1-2H3,(H,11,16). The molecule has 98 valence electrons. The van der Waals surface area contributed by atoms with Crippen molar-refractivity contribution in [2.75, 3.05) is 13.1 Å². The first-order valence-electron chi connectivity index (χ1n) is 5.65. The molecule has 2 rings (SSSR count). The van der Waals surface area contributed by atoms with Crippen LogP contribution < -0.4 is 11.1 Å². The molecule has 8 nitrogen and oxygen atoms in total. The van der Waals surface area contributed by atoms with Crippen LogP contribution in [0.2, 0.25) is 0 Å². The number of carbonyl (C=O) groups is 2. The van der Waals surface area contributed by atoms with E-state index in [1.165, 1.54) is 0 Å². The van der Waals surface area contributed by atoms with Crippen molar-refractivity contribution in [3.63, 3.8) is 0 Å². The van der Waals surface area contributed by atoms with Crippen LogP contribution in [0.15, 0.2) is 9.32 Å². The third-order valence-electron chi connectivity index (χ3n) is 2.68. The zero-order valence-electron chi connectivity index (χ0n) is 10.2. The van der Waals surface area contributed by atoms with Crippen LogP contribution >= 0.6 is 0 Å². The van der Waals surface area contributed by atoms with E-state index < -0.39 is 17.7 Å². The van der Waals surface area contributed by atoms with Gasteiger partial charge in [0.15, 0.2) is 5.82 Å². The number of aromatic nitrogens is 2. The molecule has 1 N–H and O–H groups in total. The lowest BCUT2D eigenvalue weighted by molar-refractivity contribution is -0.128. The minimum atomic E-state index is -0.688. The van der Waals surface area contributed by atoms with Gasteiger partial charge in [-0.2, -0.15) is 0 Å². The van der Waals surface area contributed by atoms with E-state index >= 15 is 0 Å². The maximum Gasteiger partial charge on any atom is 0.442 e. The molecular weight excluding hydrogens is 240 g/mol. The summed E-state index contributed by atoms with van der Waals surface area (Å²) in [5, 5.41) is 6.14. The third-order valence-corrected chi connectivity index (χ3v) is 2.68. The maximum atomic E-state index is 11.9. The number of rotatable bonds is 3. The van der Waals surface area contributed by atoms with Gasteiger partial charge in [0.25, 0.3) is 5.91 Å². The number of imide groups is 1. The number of amides is 3. The Labute approximate surface area is 103 Å². The van der Waals surface area contributed by atoms with Crippen LogP contribution in [0.4, 0.5) is 4.79 Å². The molecule has 0 atom stereocenters. The van der Waals surface area contributed by atoms with E-state index in [1.807, 2.05) is 13.8 Å². The summed E-state index contributed by atoms with van der Waals surface area (Å²) in [5.41, 5.74) is 0. The molecule has 1 saturated heterocycles. The van der Waals surface area contributed by atoms with E-state index in [9.17, 15) is 14.4 Å². The summed E-state index contributed by atoms with van der Waals surface area (Å²) < 4.78 is 5.68. The maximum absolute atomic E-state index is 11.9. The predicted octanol–water partition coefficient (Wildman–Crippen LogP) is -0.488. The molecule has 1 aromatic heterocycles.